The quantitative estimate of drug-likeness (QED) is 0.667. The van der Waals surface area contributed by atoms with E-state index >= 15 is 0 Å². The van der Waals surface area contributed by atoms with Crippen LogP contribution < -0.4 is 0 Å². The molecule has 0 atom stereocenters. The molecule has 0 aromatic heterocycles. The first-order valence-corrected chi connectivity index (χ1v) is 6.01. The molecule has 3 heteroatoms. The van der Waals surface area contributed by atoms with Crippen molar-refractivity contribution >= 4 is 5.91 Å². The number of piperazine rings is 1. The lowest BCUT2D eigenvalue weighted by molar-refractivity contribution is -0.128. The number of carbonyl (C=O) groups is 1. The Morgan fingerprint density at radius 1 is 1.12 bits per heavy atom. The predicted octanol–water partition coefficient (Wildman–Crippen LogP) is 1.43. The molecule has 3 nitrogen and oxygen atoms in total. The summed E-state index contributed by atoms with van der Waals surface area (Å²) < 4.78 is 0. The molecule has 88 valence electrons. The Bertz CT molecular complexity index is 336. The molecule has 0 bridgehead atoms. The smallest absolute Gasteiger partial charge is 0.249 e. The summed E-state index contributed by atoms with van der Waals surface area (Å²) in [5.41, 5.74) is 2.35. The lowest BCUT2D eigenvalue weighted by atomic mass is 9.98. The number of nitrogens with zero attached hydrogens (tertiary/aromatic N) is 2. The third-order valence-corrected chi connectivity index (χ3v) is 3.42. The van der Waals surface area contributed by atoms with Gasteiger partial charge in [-0.15, -0.1) is 0 Å². The molecule has 1 saturated heterocycles. The Morgan fingerprint density at radius 2 is 1.81 bits per heavy atom. The van der Waals surface area contributed by atoms with E-state index in [9.17, 15) is 4.79 Å². The zero-order valence-electron chi connectivity index (χ0n) is 10.2. The molecule has 1 aliphatic heterocycles. The van der Waals surface area contributed by atoms with E-state index in [-0.39, 0.29) is 5.91 Å². The van der Waals surface area contributed by atoms with E-state index in [1.165, 1.54) is 5.57 Å². The summed E-state index contributed by atoms with van der Waals surface area (Å²) in [6.07, 6.45) is 6.02. The topological polar surface area (TPSA) is 23.6 Å². The van der Waals surface area contributed by atoms with Gasteiger partial charge in [0.25, 0.3) is 0 Å². The van der Waals surface area contributed by atoms with Crippen molar-refractivity contribution in [2.24, 2.45) is 0 Å². The first-order chi connectivity index (χ1) is 7.66. The second-order valence-corrected chi connectivity index (χ2v) is 4.80. The molecular weight excluding hydrogens is 200 g/mol. The Balaban J connectivity index is 1.98. The van der Waals surface area contributed by atoms with E-state index in [1.54, 1.807) is 0 Å². The monoisotopic (exact) mass is 220 g/mol. The van der Waals surface area contributed by atoms with Crippen LogP contribution in [0, 0.1) is 0 Å². The Hall–Kier alpha value is -1.09. The van der Waals surface area contributed by atoms with Crippen molar-refractivity contribution in [3.05, 3.63) is 23.3 Å². The maximum Gasteiger partial charge on any atom is 0.249 e. The fourth-order valence-corrected chi connectivity index (χ4v) is 2.13. The molecule has 1 aliphatic carbocycles. The van der Waals surface area contributed by atoms with Crippen molar-refractivity contribution in [3.8, 4) is 0 Å². The van der Waals surface area contributed by atoms with Gasteiger partial charge in [0.1, 0.15) is 0 Å². The highest BCUT2D eigenvalue weighted by Gasteiger charge is 2.22. The zero-order chi connectivity index (χ0) is 11.5. The summed E-state index contributed by atoms with van der Waals surface area (Å²) in [7, 11) is 2.10. The minimum absolute atomic E-state index is 0.247. The SMILES string of the molecule is CC1=CC=C(C(=O)N2CCN(C)CC2)CC1. The number of allylic oxidation sites excluding steroid dienone is 3. The molecule has 0 N–H and O–H groups in total. The fourth-order valence-electron chi connectivity index (χ4n) is 2.13. The Kier molecular flexibility index (Phi) is 3.44. The second-order valence-electron chi connectivity index (χ2n) is 4.80. The van der Waals surface area contributed by atoms with Crippen LogP contribution in [0.5, 0.6) is 0 Å². The lowest BCUT2D eigenvalue weighted by Gasteiger charge is -2.33. The average Bonchev–Trinajstić information content (AvgIpc) is 2.30. The fraction of sp³-hybridized carbons (Fsp3) is 0.615. The van der Waals surface area contributed by atoms with E-state index in [0.717, 1.165) is 44.6 Å². The van der Waals surface area contributed by atoms with Gasteiger partial charge in [0.15, 0.2) is 0 Å². The van der Waals surface area contributed by atoms with Crippen LogP contribution >= 0.6 is 0 Å². The van der Waals surface area contributed by atoms with Gasteiger partial charge in [0.2, 0.25) is 5.91 Å². The van der Waals surface area contributed by atoms with Gasteiger partial charge < -0.3 is 9.80 Å². The van der Waals surface area contributed by atoms with Crippen LogP contribution in [0.25, 0.3) is 0 Å². The number of rotatable bonds is 1. The maximum atomic E-state index is 12.2. The molecular formula is C13H20N2O. The minimum atomic E-state index is 0.247. The number of hydrogen-bond donors (Lipinski definition) is 0. The normalized spacial score (nSPS) is 22.8. The summed E-state index contributed by atoms with van der Waals surface area (Å²) >= 11 is 0. The van der Waals surface area contributed by atoms with Gasteiger partial charge in [-0.05, 0) is 26.8 Å². The Labute approximate surface area is 97.4 Å². The predicted molar refractivity (Wildman–Crippen MR) is 65.2 cm³/mol. The third-order valence-electron chi connectivity index (χ3n) is 3.42. The molecule has 0 radical (unpaired) electrons. The molecule has 0 saturated carbocycles. The zero-order valence-corrected chi connectivity index (χ0v) is 10.2. The van der Waals surface area contributed by atoms with Crippen LogP contribution in [0.1, 0.15) is 19.8 Å². The van der Waals surface area contributed by atoms with Crippen LogP contribution in [-0.2, 0) is 4.79 Å². The highest BCUT2D eigenvalue weighted by molar-refractivity contribution is 5.94. The number of hydrogen-bond acceptors (Lipinski definition) is 2. The molecule has 0 spiro atoms. The van der Waals surface area contributed by atoms with Crippen molar-refractivity contribution in [3.63, 3.8) is 0 Å². The molecule has 0 aromatic rings. The third kappa shape index (κ3) is 2.53. The van der Waals surface area contributed by atoms with Crippen molar-refractivity contribution in [1.29, 1.82) is 0 Å². The average molecular weight is 220 g/mol. The maximum absolute atomic E-state index is 12.2. The summed E-state index contributed by atoms with van der Waals surface area (Å²) in [5.74, 6) is 0.247. The van der Waals surface area contributed by atoms with Gasteiger partial charge in [0.05, 0.1) is 0 Å². The summed E-state index contributed by atoms with van der Waals surface area (Å²) in [6, 6.07) is 0. The highest BCUT2D eigenvalue weighted by atomic mass is 16.2. The minimum Gasteiger partial charge on any atom is -0.336 e. The van der Waals surface area contributed by atoms with Crippen LogP contribution in [0.3, 0.4) is 0 Å². The summed E-state index contributed by atoms with van der Waals surface area (Å²) in [6.45, 7) is 5.85. The largest absolute Gasteiger partial charge is 0.336 e. The molecule has 2 aliphatic rings. The number of amides is 1. The van der Waals surface area contributed by atoms with Crippen molar-refractivity contribution < 1.29 is 4.79 Å². The van der Waals surface area contributed by atoms with E-state index in [2.05, 4.69) is 24.9 Å². The van der Waals surface area contributed by atoms with Crippen molar-refractivity contribution in [1.82, 2.24) is 9.80 Å². The molecule has 1 heterocycles. The van der Waals surface area contributed by atoms with E-state index < -0.39 is 0 Å². The van der Waals surface area contributed by atoms with E-state index in [1.807, 2.05) is 11.0 Å². The highest BCUT2D eigenvalue weighted by Crippen LogP contribution is 2.20. The van der Waals surface area contributed by atoms with E-state index in [4.69, 9.17) is 0 Å². The molecule has 16 heavy (non-hydrogen) atoms. The summed E-state index contributed by atoms with van der Waals surface area (Å²) in [4.78, 5) is 16.4. The van der Waals surface area contributed by atoms with Crippen LogP contribution in [-0.4, -0.2) is 48.9 Å². The van der Waals surface area contributed by atoms with Gasteiger partial charge in [-0.1, -0.05) is 17.7 Å². The van der Waals surface area contributed by atoms with Gasteiger partial charge in [-0.3, -0.25) is 4.79 Å². The summed E-state index contributed by atoms with van der Waals surface area (Å²) in [5, 5.41) is 0. The molecule has 1 amide bonds. The number of likely N-dealkylation sites (N-methyl/N-ethyl adjacent to an activating group) is 1. The van der Waals surface area contributed by atoms with Gasteiger partial charge in [-0.2, -0.15) is 0 Å². The molecule has 0 unspecified atom stereocenters. The Morgan fingerprint density at radius 3 is 2.38 bits per heavy atom. The number of carbonyl (C=O) groups excluding carboxylic acids is 1. The standard InChI is InChI=1S/C13H20N2O/c1-11-3-5-12(6-4-11)13(16)15-9-7-14(2)8-10-15/h3,5H,4,6-10H2,1-2H3. The van der Waals surface area contributed by atoms with Crippen LogP contribution in [0.15, 0.2) is 23.3 Å². The first-order valence-electron chi connectivity index (χ1n) is 6.01. The van der Waals surface area contributed by atoms with Gasteiger partial charge in [-0.25, -0.2) is 0 Å². The van der Waals surface area contributed by atoms with Gasteiger partial charge in [0, 0.05) is 31.8 Å². The molecule has 2 rings (SSSR count). The first kappa shape index (κ1) is 11.4. The molecule has 0 aromatic carbocycles. The lowest BCUT2D eigenvalue weighted by Crippen LogP contribution is -2.47. The van der Waals surface area contributed by atoms with Crippen LogP contribution in [0.4, 0.5) is 0 Å². The van der Waals surface area contributed by atoms with Crippen molar-refractivity contribution in [2.45, 2.75) is 19.8 Å². The second kappa shape index (κ2) is 4.83. The van der Waals surface area contributed by atoms with E-state index in [0.29, 0.717) is 0 Å². The van der Waals surface area contributed by atoms with Crippen LogP contribution in [0.2, 0.25) is 0 Å². The van der Waals surface area contributed by atoms with Crippen molar-refractivity contribution in [2.75, 3.05) is 33.2 Å². The van der Waals surface area contributed by atoms with Gasteiger partial charge >= 0.3 is 0 Å². The molecule has 1 fully saturated rings.